The number of imide groups is 1. The molecule has 29 heavy (non-hydrogen) atoms. The molecule has 9 heteroatoms. The second-order valence-corrected chi connectivity index (χ2v) is 6.86. The molecule has 148 valence electrons. The van der Waals surface area contributed by atoms with E-state index in [0.717, 1.165) is 4.90 Å². The van der Waals surface area contributed by atoms with Gasteiger partial charge in [-0.2, -0.15) is 0 Å². The van der Waals surface area contributed by atoms with E-state index < -0.39 is 11.8 Å². The van der Waals surface area contributed by atoms with E-state index in [1.54, 1.807) is 34.1 Å². The Morgan fingerprint density at radius 1 is 0.897 bits per heavy atom. The number of benzene rings is 1. The molecule has 0 atom stereocenters. The zero-order valence-electron chi connectivity index (χ0n) is 15.7. The van der Waals surface area contributed by atoms with Crippen molar-refractivity contribution >= 4 is 23.6 Å². The first-order chi connectivity index (χ1) is 14.1. The average Bonchev–Trinajstić information content (AvgIpc) is 2.93. The van der Waals surface area contributed by atoms with Gasteiger partial charge in [0.2, 0.25) is 5.91 Å². The fourth-order valence-electron chi connectivity index (χ4n) is 3.56. The van der Waals surface area contributed by atoms with Crippen LogP contribution in [-0.4, -0.2) is 81.0 Å². The Hall–Kier alpha value is -3.62. The monoisotopic (exact) mass is 393 g/mol. The summed E-state index contributed by atoms with van der Waals surface area (Å²) in [5.74, 6) is -1.44. The molecule has 3 heterocycles. The molecule has 0 saturated carbocycles. The number of amides is 4. The maximum atomic E-state index is 12.7. The predicted octanol–water partition coefficient (Wildman–Crippen LogP) is 0.447. The first kappa shape index (κ1) is 18.7. The van der Waals surface area contributed by atoms with E-state index in [2.05, 4.69) is 9.97 Å². The van der Waals surface area contributed by atoms with Crippen molar-refractivity contribution < 1.29 is 19.2 Å². The minimum Gasteiger partial charge on any atom is -0.339 e. The van der Waals surface area contributed by atoms with Crippen LogP contribution < -0.4 is 0 Å². The Bertz CT molecular complexity index is 943. The number of carbonyl (C=O) groups excluding carboxylic acids is 4. The minimum atomic E-state index is -0.451. The van der Waals surface area contributed by atoms with Gasteiger partial charge < -0.3 is 9.80 Å². The third-order valence-electron chi connectivity index (χ3n) is 5.09. The van der Waals surface area contributed by atoms with Gasteiger partial charge in [0.1, 0.15) is 12.2 Å². The molecule has 9 nitrogen and oxygen atoms in total. The van der Waals surface area contributed by atoms with Gasteiger partial charge >= 0.3 is 0 Å². The first-order valence-corrected chi connectivity index (χ1v) is 9.34. The van der Waals surface area contributed by atoms with Crippen LogP contribution in [0.1, 0.15) is 37.6 Å². The molecule has 1 fully saturated rings. The van der Waals surface area contributed by atoms with E-state index in [0.29, 0.717) is 43.7 Å². The second kappa shape index (κ2) is 7.78. The molecule has 1 aromatic heterocycles. The van der Waals surface area contributed by atoms with E-state index in [1.165, 1.54) is 18.6 Å². The summed E-state index contributed by atoms with van der Waals surface area (Å²) in [7, 11) is 0. The zero-order valence-corrected chi connectivity index (χ0v) is 15.7. The van der Waals surface area contributed by atoms with Crippen LogP contribution in [0.2, 0.25) is 0 Å². The third kappa shape index (κ3) is 3.58. The van der Waals surface area contributed by atoms with Crippen molar-refractivity contribution in [1.82, 2.24) is 24.7 Å². The molecule has 1 saturated heterocycles. The van der Waals surface area contributed by atoms with Crippen molar-refractivity contribution in [3.05, 3.63) is 59.7 Å². The lowest BCUT2D eigenvalue weighted by Crippen LogP contribution is -2.44. The van der Waals surface area contributed by atoms with E-state index >= 15 is 0 Å². The Balaban J connectivity index is 1.39. The number of aromatic nitrogens is 2. The maximum absolute atomic E-state index is 12.7. The van der Waals surface area contributed by atoms with Crippen LogP contribution in [-0.2, 0) is 4.79 Å². The Morgan fingerprint density at radius 3 is 2.21 bits per heavy atom. The summed E-state index contributed by atoms with van der Waals surface area (Å²) in [5.41, 5.74) is 0.905. The lowest BCUT2D eigenvalue weighted by molar-refractivity contribution is -0.131. The Labute approximate surface area is 166 Å². The standard InChI is InChI=1S/C20H19N5O4/c26-17(13-25-18(27)14-4-1-2-5-15(14)19(25)28)23-8-3-9-24(11-10-23)20(29)16-12-21-6-7-22-16/h1-2,4-7,12H,3,8-11,13H2. The number of rotatable bonds is 3. The highest BCUT2D eigenvalue weighted by Crippen LogP contribution is 2.22. The summed E-state index contributed by atoms with van der Waals surface area (Å²) >= 11 is 0. The van der Waals surface area contributed by atoms with Gasteiger partial charge in [-0.25, -0.2) is 4.98 Å². The van der Waals surface area contributed by atoms with E-state index in [1.807, 2.05) is 0 Å². The second-order valence-electron chi connectivity index (χ2n) is 6.86. The molecular formula is C20H19N5O4. The SMILES string of the molecule is O=C(CN1C(=O)c2ccccc2C1=O)N1CCCN(C(=O)c2cnccn2)CC1. The van der Waals surface area contributed by atoms with Crippen LogP contribution in [0.5, 0.6) is 0 Å². The molecule has 2 aliphatic rings. The minimum absolute atomic E-state index is 0.229. The van der Waals surface area contributed by atoms with Crippen molar-refractivity contribution in [2.24, 2.45) is 0 Å². The van der Waals surface area contributed by atoms with Crippen LogP contribution in [0.15, 0.2) is 42.9 Å². The van der Waals surface area contributed by atoms with Crippen molar-refractivity contribution in [3.8, 4) is 0 Å². The largest absolute Gasteiger partial charge is 0.339 e. The van der Waals surface area contributed by atoms with Gasteiger partial charge in [-0.1, -0.05) is 12.1 Å². The number of fused-ring (bicyclic) bond motifs is 1. The first-order valence-electron chi connectivity index (χ1n) is 9.34. The molecule has 0 aliphatic carbocycles. The summed E-state index contributed by atoms with van der Waals surface area (Å²) < 4.78 is 0. The van der Waals surface area contributed by atoms with Gasteiger partial charge in [0.05, 0.1) is 17.3 Å². The Morgan fingerprint density at radius 2 is 1.55 bits per heavy atom. The highest BCUT2D eigenvalue weighted by Gasteiger charge is 2.37. The van der Waals surface area contributed by atoms with Crippen LogP contribution >= 0.6 is 0 Å². The van der Waals surface area contributed by atoms with Gasteiger partial charge in [0, 0.05) is 38.6 Å². The number of hydrogen-bond donors (Lipinski definition) is 0. The van der Waals surface area contributed by atoms with Crippen LogP contribution in [0.4, 0.5) is 0 Å². The molecule has 0 bridgehead atoms. The highest BCUT2D eigenvalue weighted by atomic mass is 16.2. The highest BCUT2D eigenvalue weighted by molar-refractivity contribution is 6.22. The molecule has 2 aromatic rings. The fourth-order valence-corrected chi connectivity index (χ4v) is 3.56. The van der Waals surface area contributed by atoms with Crippen molar-refractivity contribution in [1.29, 1.82) is 0 Å². The molecule has 2 aliphatic heterocycles. The van der Waals surface area contributed by atoms with Crippen LogP contribution in [0.25, 0.3) is 0 Å². The summed E-state index contributed by atoms with van der Waals surface area (Å²) in [5, 5.41) is 0. The predicted molar refractivity (Wildman–Crippen MR) is 101 cm³/mol. The topological polar surface area (TPSA) is 104 Å². The average molecular weight is 393 g/mol. The third-order valence-corrected chi connectivity index (χ3v) is 5.09. The lowest BCUT2D eigenvalue weighted by Gasteiger charge is -2.23. The van der Waals surface area contributed by atoms with E-state index in [9.17, 15) is 19.2 Å². The number of hydrogen-bond acceptors (Lipinski definition) is 6. The molecule has 1 aromatic carbocycles. The smallest absolute Gasteiger partial charge is 0.274 e. The van der Waals surface area contributed by atoms with Gasteiger partial charge in [-0.05, 0) is 18.6 Å². The fraction of sp³-hybridized carbons (Fsp3) is 0.300. The summed E-state index contributed by atoms with van der Waals surface area (Å²) in [6, 6.07) is 6.55. The molecule has 0 N–H and O–H groups in total. The molecule has 0 unspecified atom stereocenters. The normalized spacial score (nSPS) is 16.6. The van der Waals surface area contributed by atoms with Gasteiger partial charge in [0.25, 0.3) is 17.7 Å². The number of carbonyl (C=O) groups is 4. The van der Waals surface area contributed by atoms with Crippen molar-refractivity contribution in [2.45, 2.75) is 6.42 Å². The summed E-state index contributed by atoms with van der Waals surface area (Å²) in [6.45, 7) is 1.32. The summed E-state index contributed by atoms with van der Waals surface area (Å²) in [4.78, 5) is 62.4. The van der Waals surface area contributed by atoms with Crippen molar-refractivity contribution in [3.63, 3.8) is 0 Å². The van der Waals surface area contributed by atoms with E-state index in [4.69, 9.17) is 0 Å². The number of nitrogens with zero attached hydrogens (tertiary/aromatic N) is 5. The molecule has 4 amide bonds. The molecule has 0 spiro atoms. The lowest BCUT2D eigenvalue weighted by atomic mass is 10.1. The molecule has 0 radical (unpaired) electrons. The Kier molecular flexibility index (Phi) is 5.03. The van der Waals surface area contributed by atoms with Gasteiger partial charge in [-0.15, -0.1) is 0 Å². The summed E-state index contributed by atoms with van der Waals surface area (Å²) in [6.07, 6.45) is 4.97. The quantitative estimate of drug-likeness (QED) is 0.702. The molecular weight excluding hydrogens is 374 g/mol. The zero-order chi connectivity index (χ0) is 20.4. The van der Waals surface area contributed by atoms with E-state index in [-0.39, 0.29) is 24.1 Å². The van der Waals surface area contributed by atoms with Crippen LogP contribution in [0.3, 0.4) is 0 Å². The van der Waals surface area contributed by atoms with Gasteiger partial charge in [-0.3, -0.25) is 29.1 Å². The molecule has 4 rings (SSSR count). The van der Waals surface area contributed by atoms with Crippen LogP contribution in [0, 0.1) is 0 Å². The maximum Gasteiger partial charge on any atom is 0.274 e. The van der Waals surface area contributed by atoms with Gasteiger partial charge in [0.15, 0.2) is 0 Å². The van der Waals surface area contributed by atoms with Crippen molar-refractivity contribution in [2.75, 3.05) is 32.7 Å².